The first-order chi connectivity index (χ1) is 9.83. The molecule has 1 aromatic carbocycles. The van der Waals surface area contributed by atoms with Crippen molar-refractivity contribution < 1.29 is 0 Å². The summed E-state index contributed by atoms with van der Waals surface area (Å²) in [5.74, 6) is 1.02. The molecule has 1 N–H and O–H groups in total. The van der Waals surface area contributed by atoms with Crippen molar-refractivity contribution in [2.45, 2.75) is 38.3 Å². The Hall–Kier alpha value is -1.62. The van der Waals surface area contributed by atoms with E-state index in [9.17, 15) is 0 Å². The van der Waals surface area contributed by atoms with Crippen LogP contribution in [-0.2, 0) is 13.0 Å². The molecule has 1 fully saturated rings. The lowest BCUT2D eigenvalue weighted by atomic mass is 10.0. The van der Waals surface area contributed by atoms with Gasteiger partial charge in [-0.05, 0) is 49.0 Å². The number of aryl methyl sites for hydroxylation is 1. The highest BCUT2D eigenvalue weighted by molar-refractivity contribution is 7.71. The van der Waals surface area contributed by atoms with E-state index in [2.05, 4.69) is 43.9 Å². The van der Waals surface area contributed by atoms with Crippen LogP contribution >= 0.6 is 12.2 Å². The fourth-order valence-electron chi connectivity index (χ4n) is 3.05. The van der Waals surface area contributed by atoms with E-state index in [1.54, 1.807) is 0 Å². The number of aromatic amines is 1. The predicted octanol–water partition coefficient (Wildman–Crippen LogP) is 3.23. The summed E-state index contributed by atoms with van der Waals surface area (Å²) >= 11 is 5.39. The number of H-pyrrole nitrogens is 1. The van der Waals surface area contributed by atoms with Crippen molar-refractivity contribution in [1.82, 2.24) is 14.8 Å². The van der Waals surface area contributed by atoms with Gasteiger partial charge in [0.2, 0.25) is 5.95 Å². The molecule has 4 nitrogen and oxygen atoms in total. The summed E-state index contributed by atoms with van der Waals surface area (Å²) in [6, 6.07) is 9.30. The van der Waals surface area contributed by atoms with Crippen LogP contribution in [0.5, 0.6) is 0 Å². The maximum absolute atomic E-state index is 5.39. The van der Waals surface area contributed by atoms with Gasteiger partial charge in [-0.1, -0.05) is 24.3 Å². The van der Waals surface area contributed by atoms with Gasteiger partial charge in [0.1, 0.15) is 0 Å². The van der Waals surface area contributed by atoms with E-state index >= 15 is 0 Å². The lowest BCUT2D eigenvalue weighted by Gasteiger charge is -2.22. The van der Waals surface area contributed by atoms with E-state index in [0.717, 1.165) is 30.2 Å². The summed E-state index contributed by atoms with van der Waals surface area (Å²) in [4.78, 5) is 2.37. The third kappa shape index (κ3) is 2.06. The summed E-state index contributed by atoms with van der Waals surface area (Å²) in [7, 11) is 0. The molecule has 2 aromatic rings. The second kappa shape index (κ2) is 4.74. The van der Waals surface area contributed by atoms with Crippen LogP contribution in [0.4, 0.5) is 5.95 Å². The second-order valence-corrected chi connectivity index (χ2v) is 6.11. The van der Waals surface area contributed by atoms with E-state index in [1.165, 1.54) is 30.4 Å². The smallest absolute Gasteiger partial charge is 0.226 e. The van der Waals surface area contributed by atoms with Crippen LogP contribution in [0, 0.1) is 4.77 Å². The number of rotatable bonds is 2. The number of hydrogen-bond acceptors (Lipinski definition) is 3. The predicted molar refractivity (Wildman–Crippen MR) is 81.5 cm³/mol. The zero-order valence-corrected chi connectivity index (χ0v) is 12.2. The van der Waals surface area contributed by atoms with E-state index in [1.807, 2.05) is 0 Å². The fraction of sp³-hybridized carbons (Fsp3) is 0.467. The molecule has 4 rings (SSSR count). The molecule has 0 spiro atoms. The molecule has 20 heavy (non-hydrogen) atoms. The average Bonchev–Trinajstić information content (AvgIpc) is 3.25. The highest BCUT2D eigenvalue weighted by Crippen LogP contribution is 2.38. The van der Waals surface area contributed by atoms with Crippen molar-refractivity contribution in [3.8, 4) is 0 Å². The number of nitrogens with zero attached hydrogens (tertiary/aromatic N) is 3. The Morgan fingerprint density at radius 2 is 2.00 bits per heavy atom. The number of fused-ring (bicyclic) bond motifs is 1. The van der Waals surface area contributed by atoms with Crippen molar-refractivity contribution in [1.29, 1.82) is 0 Å². The SMILES string of the molecule is S=c1[nH]nc(N2CCCc3ccccc3C2)n1C1CC1. The Bertz CT molecular complexity index is 683. The highest BCUT2D eigenvalue weighted by Gasteiger charge is 2.29. The van der Waals surface area contributed by atoms with Crippen LogP contribution in [0.1, 0.15) is 36.4 Å². The van der Waals surface area contributed by atoms with E-state index in [4.69, 9.17) is 12.2 Å². The highest BCUT2D eigenvalue weighted by atomic mass is 32.1. The first-order valence-corrected chi connectivity index (χ1v) is 7.72. The third-order valence-corrected chi connectivity index (χ3v) is 4.52. The van der Waals surface area contributed by atoms with Gasteiger partial charge in [-0.3, -0.25) is 4.57 Å². The van der Waals surface area contributed by atoms with Crippen LogP contribution in [0.3, 0.4) is 0 Å². The number of aromatic nitrogens is 3. The largest absolute Gasteiger partial charge is 0.337 e. The van der Waals surface area contributed by atoms with Crippen LogP contribution in [-0.4, -0.2) is 21.3 Å². The Morgan fingerprint density at radius 1 is 1.20 bits per heavy atom. The lowest BCUT2D eigenvalue weighted by molar-refractivity contribution is 0.667. The van der Waals surface area contributed by atoms with Gasteiger partial charge in [-0.2, -0.15) is 0 Å². The molecule has 0 unspecified atom stereocenters. The molecule has 0 bridgehead atoms. The number of hydrogen-bond donors (Lipinski definition) is 1. The molecule has 0 amide bonds. The van der Waals surface area contributed by atoms with Gasteiger partial charge in [0, 0.05) is 19.1 Å². The van der Waals surface area contributed by atoms with Gasteiger partial charge in [-0.15, -0.1) is 5.10 Å². The first-order valence-electron chi connectivity index (χ1n) is 7.31. The van der Waals surface area contributed by atoms with Gasteiger partial charge in [0.15, 0.2) is 4.77 Å². The Balaban J connectivity index is 1.71. The lowest BCUT2D eigenvalue weighted by Crippen LogP contribution is -2.26. The summed E-state index contributed by atoms with van der Waals surface area (Å²) in [5, 5.41) is 7.46. The molecular weight excluding hydrogens is 268 g/mol. The number of nitrogens with one attached hydrogen (secondary N) is 1. The van der Waals surface area contributed by atoms with Crippen molar-refractivity contribution in [2.75, 3.05) is 11.4 Å². The molecular formula is C15H18N4S. The molecule has 5 heteroatoms. The molecule has 1 aliphatic carbocycles. The van der Waals surface area contributed by atoms with Crippen molar-refractivity contribution >= 4 is 18.2 Å². The average molecular weight is 286 g/mol. The third-order valence-electron chi connectivity index (χ3n) is 4.23. The summed E-state index contributed by atoms with van der Waals surface area (Å²) in [5.41, 5.74) is 2.89. The second-order valence-electron chi connectivity index (χ2n) is 5.72. The van der Waals surface area contributed by atoms with Gasteiger partial charge in [0.25, 0.3) is 0 Å². The molecule has 1 aromatic heterocycles. The zero-order chi connectivity index (χ0) is 13.5. The molecule has 1 aliphatic heterocycles. The molecule has 0 saturated heterocycles. The van der Waals surface area contributed by atoms with Crippen LogP contribution in [0.25, 0.3) is 0 Å². The van der Waals surface area contributed by atoms with Gasteiger partial charge >= 0.3 is 0 Å². The van der Waals surface area contributed by atoms with Gasteiger partial charge in [0.05, 0.1) is 0 Å². The van der Waals surface area contributed by atoms with Crippen molar-refractivity contribution in [3.63, 3.8) is 0 Å². The van der Waals surface area contributed by atoms with Gasteiger partial charge in [-0.25, -0.2) is 5.10 Å². The minimum Gasteiger partial charge on any atom is -0.337 e. The summed E-state index contributed by atoms with van der Waals surface area (Å²) < 4.78 is 2.98. The Kier molecular flexibility index (Phi) is 2.88. The quantitative estimate of drug-likeness (QED) is 0.861. The first kappa shape index (κ1) is 12.1. The molecule has 1 saturated carbocycles. The van der Waals surface area contributed by atoms with Crippen LogP contribution in [0.15, 0.2) is 24.3 Å². The molecule has 0 atom stereocenters. The normalized spacial score (nSPS) is 18.7. The Morgan fingerprint density at radius 3 is 2.80 bits per heavy atom. The fourth-order valence-corrected chi connectivity index (χ4v) is 3.33. The molecule has 0 radical (unpaired) electrons. The molecule has 2 aliphatic rings. The van der Waals surface area contributed by atoms with E-state index < -0.39 is 0 Å². The van der Waals surface area contributed by atoms with Crippen molar-refractivity contribution in [3.05, 3.63) is 40.2 Å². The zero-order valence-electron chi connectivity index (χ0n) is 11.4. The topological polar surface area (TPSA) is 36.9 Å². The number of benzene rings is 1. The van der Waals surface area contributed by atoms with Crippen LogP contribution in [0.2, 0.25) is 0 Å². The Labute approximate surface area is 123 Å². The number of anilines is 1. The minimum atomic E-state index is 0.565. The maximum Gasteiger partial charge on any atom is 0.226 e. The summed E-state index contributed by atoms with van der Waals surface area (Å²) in [6.07, 6.45) is 4.78. The van der Waals surface area contributed by atoms with E-state index in [0.29, 0.717) is 6.04 Å². The van der Waals surface area contributed by atoms with E-state index in [-0.39, 0.29) is 0 Å². The summed E-state index contributed by atoms with van der Waals surface area (Å²) in [6.45, 7) is 1.98. The van der Waals surface area contributed by atoms with Gasteiger partial charge < -0.3 is 4.90 Å². The maximum atomic E-state index is 5.39. The standard InChI is InChI=1S/C15H18N4S/c20-15-17-16-14(19(15)13-7-8-13)18-9-3-6-11-4-1-2-5-12(11)10-18/h1-2,4-5,13H,3,6-10H2,(H,17,20). The monoisotopic (exact) mass is 286 g/mol. The molecule has 104 valence electrons. The van der Waals surface area contributed by atoms with Crippen molar-refractivity contribution in [2.24, 2.45) is 0 Å². The molecule has 2 heterocycles. The minimum absolute atomic E-state index is 0.565. The van der Waals surface area contributed by atoms with Crippen LogP contribution < -0.4 is 4.90 Å².